The average molecular weight is 367 g/mol. The molecule has 1 aliphatic rings. The van der Waals surface area contributed by atoms with Crippen molar-refractivity contribution in [3.8, 4) is 5.75 Å². The van der Waals surface area contributed by atoms with E-state index in [2.05, 4.69) is 21.6 Å². The lowest BCUT2D eigenvalue weighted by Crippen LogP contribution is -2.22. The van der Waals surface area contributed by atoms with E-state index in [-0.39, 0.29) is 5.91 Å². The Hall–Kier alpha value is -2.60. The monoisotopic (exact) mass is 367 g/mol. The number of aliphatic imine (C=N–C) groups is 1. The summed E-state index contributed by atoms with van der Waals surface area (Å²) in [4.78, 5) is 16.6. The van der Waals surface area contributed by atoms with E-state index >= 15 is 0 Å². The smallest absolute Gasteiger partial charge is 0.250 e. The number of para-hydroxylation sites is 1. The van der Waals surface area contributed by atoms with Crippen molar-refractivity contribution >= 4 is 34.1 Å². The number of methoxy groups -OCH3 is 1. The molecule has 2 aromatic rings. The van der Waals surface area contributed by atoms with Crippen LogP contribution in [0.1, 0.15) is 23.6 Å². The van der Waals surface area contributed by atoms with E-state index in [0.29, 0.717) is 5.75 Å². The highest BCUT2D eigenvalue weighted by Crippen LogP contribution is 2.29. The van der Waals surface area contributed by atoms with Crippen LogP contribution >= 0.6 is 11.8 Å². The van der Waals surface area contributed by atoms with Crippen molar-refractivity contribution in [3.63, 3.8) is 0 Å². The van der Waals surface area contributed by atoms with E-state index in [1.807, 2.05) is 50.2 Å². The number of rotatable bonds is 5. The maximum absolute atomic E-state index is 12.1. The fourth-order valence-electron chi connectivity index (χ4n) is 2.63. The lowest BCUT2D eigenvalue weighted by atomic mass is 10.1. The maximum atomic E-state index is 12.1. The minimum absolute atomic E-state index is 0.146. The second-order valence-electron chi connectivity index (χ2n) is 6.02. The molecule has 1 heterocycles. The van der Waals surface area contributed by atoms with Crippen molar-refractivity contribution in [1.29, 1.82) is 0 Å². The van der Waals surface area contributed by atoms with Crippen molar-refractivity contribution in [3.05, 3.63) is 59.2 Å². The zero-order valence-corrected chi connectivity index (χ0v) is 15.9. The van der Waals surface area contributed by atoms with E-state index in [1.54, 1.807) is 7.11 Å². The van der Waals surface area contributed by atoms with Gasteiger partial charge in [-0.3, -0.25) is 4.79 Å². The highest BCUT2D eigenvalue weighted by Gasteiger charge is 2.15. The number of fused-ring (bicyclic) bond motifs is 1. The zero-order chi connectivity index (χ0) is 18.5. The summed E-state index contributed by atoms with van der Waals surface area (Å²) in [6, 6.07) is 13.9. The Morgan fingerprint density at radius 2 is 2.12 bits per heavy atom. The number of carbonyl (C=O) groups is 1. The van der Waals surface area contributed by atoms with Gasteiger partial charge in [-0.15, -0.1) is 11.8 Å². The molecule has 0 saturated heterocycles. The lowest BCUT2D eigenvalue weighted by Gasteiger charge is -2.08. The number of carbonyl (C=O) groups excluding carboxylic acids is 1. The van der Waals surface area contributed by atoms with Gasteiger partial charge in [-0.25, -0.2) is 10.4 Å². The molecule has 6 heteroatoms. The predicted octanol–water partition coefficient (Wildman–Crippen LogP) is 3.86. The van der Waals surface area contributed by atoms with Gasteiger partial charge in [-0.1, -0.05) is 30.3 Å². The van der Waals surface area contributed by atoms with Gasteiger partial charge < -0.3 is 4.74 Å². The zero-order valence-electron chi connectivity index (χ0n) is 15.1. The van der Waals surface area contributed by atoms with Crippen LogP contribution in [-0.4, -0.2) is 29.5 Å². The van der Waals surface area contributed by atoms with E-state index in [4.69, 9.17) is 4.74 Å². The third-order valence-corrected chi connectivity index (χ3v) is 5.10. The molecule has 5 nitrogen and oxygen atoms in total. The summed E-state index contributed by atoms with van der Waals surface area (Å²) < 4.78 is 5.32. The molecule has 1 amide bonds. The first kappa shape index (κ1) is 18.2. The lowest BCUT2D eigenvalue weighted by molar-refractivity contribution is -0.118. The van der Waals surface area contributed by atoms with Crippen LogP contribution in [0, 0.1) is 6.92 Å². The summed E-state index contributed by atoms with van der Waals surface area (Å²) in [5.41, 5.74) is 7.51. The third-order valence-electron chi connectivity index (χ3n) is 4.12. The van der Waals surface area contributed by atoms with Crippen LogP contribution in [0.25, 0.3) is 0 Å². The standard InChI is InChI=1S/C20H21N3O2S/c1-13-8-9-15(10-18(13)25-3)14(2)22-23-19(24)12-26-20-11-16-6-4-5-7-17(16)21-20/h4-10H,11-12H2,1-3H3,(H,23,24)/b22-14+. The van der Waals surface area contributed by atoms with E-state index in [0.717, 1.165) is 39.7 Å². The molecule has 0 saturated carbocycles. The topological polar surface area (TPSA) is 63.0 Å². The number of hydrogen-bond acceptors (Lipinski definition) is 5. The Labute approximate surface area is 157 Å². The summed E-state index contributed by atoms with van der Waals surface area (Å²) in [5, 5.41) is 5.16. The van der Waals surface area contributed by atoms with Crippen molar-refractivity contribution in [2.24, 2.45) is 10.1 Å². The summed E-state index contributed by atoms with van der Waals surface area (Å²) in [6.07, 6.45) is 0.791. The molecule has 0 spiro atoms. The van der Waals surface area contributed by atoms with Crippen LogP contribution < -0.4 is 10.2 Å². The number of benzene rings is 2. The minimum atomic E-state index is -0.146. The van der Waals surface area contributed by atoms with Gasteiger partial charge >= 0.3 is 0 Å². The Kier molecular flexibility index (Phi) is 5.73. The highest BCUT2D eigenvalue weighted by atomic mass is 32.2. The van der Waals surface area contributed by atoms with E-state index < -0.39 is 0 Å². The van der Waals surface area contributed by atoms with E-state index in [9.17, 15) is 4.79 Å². The first-order valence-corrected chi connectivity index (χ1v) is 9.32. The van der Waals surface area contributed by atoms with Gasteiger partial charge in [-0.2, -0.15) is 5.10 Å². The van der Waals surface area contributed by atoms with Gasteiger partial charge in [0.1, 0.15) is 5.75 Å². The molecule has 3 rings (SSSR count). The number of nitrogens with zero attached hydrogens (tertiary/aromatic N) is 2. The Morgan fingerprint density at radius 3 is 2.88 bits per heavy atom. The summed E-state index contributed by atoms with van der Waals surface area (Å²) in [5.74, 6) is 0.950. The number of hydrogen-bond donors (Lipinski definition) is 1. The van der Waals surface area contributed by atoms with Crippen molar-refractivity contribution in [1.82, 2.24) is 5.43 Å². The van der Waals surface area contributed by atoms with Gasteiger partial charge in [0.05, 0.1) is 29.3 Å². The summed E-state index contributed by atoms with van der Waals surface area (Å²) in [7, 11) is 1.64. The van der Waals surface area contributed by atoms with Gasteiger partial charge in [0.25, 0.3) is 0 Å². The number of nitrogens with one attached hydrogen (secondary N) is 1. The van der Waals surface area contributed by atoms with Gasteiger partial charge in [0.15, 0.2) is 0 Å². The largest absolute Gasteiger partial charge is 0.496 e. The molecule has 0 atom stereocenters. The molecular formula is C20H21N3O2S. The molecule has 1 aliphatic heterocycles. The SMILES string of the molecule is COc1cc(/C(C)=N/NC(=O)CSC2=Nc3ccccc3C2)ccc1C. The molecule has 0 fully saturated rings. The molecule has 0 aliphatic carbocycles. The van der Waals surface area contributed by atoms with Gasteiger partial charge in [0, 0.05) is 12.0 Å². The van der Waals surface area contributed by atoms with Crippen molar-refractivity contribution in [2.45, 2.75) is 20.3 Å². The van der Waals surface area contributed by atoms with Gasteiger partial charge in [-0.05, 0) is 37.1 Å². The summed E-state index contributed by atoms with van der Waals surface area (Å²) >= 11 is 1.45. The fraction of sp³-hybridized carbons (Fsp3) is 0.250. The first-order chi connectivity index (χ1) is 12.6. The molecule has 0 radical (unpaired) electrons. The van der Waals surface area contributed by atoms with Gasteiger partial charge in [0.2, 0.25) is 5.91 Å². The van der Waals surface area contributed by atoms with Crippen molar-refractivity contribution < 1.29 is 9.53 Å². The number of aryl methyl sites for hydroxylation is 1. The van der Waals surface area contributed by atoms with Crippen LogP contribution in [0.3, 0.4) is 0 Å². The molecule has 134 valence electrons. The molecule has 0 bridgehead atoms. The number of thioether (sulfide) groups is 1. The molecule has 0 aromatic heterocycles. The van der Waals surface area contributed by atoms with Crippen LogP contribution in [0.5, 0.6) is 5.75 Å². The van der Waals surface area contributed by atoms with Crippen LogP contribution in [0.2, 0.25) is 0 Å². The van der Waals surface area contributed by atoms with E-state index in [1.165, 1.54) is 17.3 Å². The molecular weight excluding hydrogens is 346 g/mol. The Balaban J connectivity index is 1.53. The third kappa shape index (κ3) is 4.32. The first-order valence-electron chi connectivity index (χ1n) is 8.33. The maximum Gasteiger partial charge on any atom is 0.250 e. The number of amides is 1. The normalized spacial score (nSPS) is 13.2. The summed E-state index contributed by atoms with van der Waals surface area (Å²) in [6.45, 7) is 3.84. The quantitative estimate of drug-likeness (QED) is 0.645. The minimum Gasteiger partial charge on any atom is -0.496 e. The van der Waals surface area contributed by atoms with Crippen LogP contribution in [0.4, 0.5) is 5.69 Å². The molecule has 2 aromatic carbocycles. The number of hydrazone groups is 1. The predicted molar refractivity (Wildman–Crippen MR) is 108 cm³/mol. The highest BCUT2D eigenvalue weighted by molar-refractivity contribution is 8.14. The van der Waals surface area contributed by atoms with Crippen molar-refractivity contribution in [2.75, 3.05) is 12.9 Å². The molecule has 26 heavy (non-hydrogen) atoms. The van der Waals surface area contributed by atoms with Crippen LogP contribution in [-0.2, 0) is 11.2 Å². The Bertz CT molecular complexity index is 890. The van der Waals surface area contributed by atoms with Crippen LogP contribution in [0.15, 0.2) is 52.6 Å². The second-order valence-corrected chi connectivity index (χ2v) is 7.06. The molecule has 1 N–H and O–H groups in total. The Morgan fingerprint density at radius 1 is 1.31 bits per heavy atom. The second kappa shape index (κ2) is 8.19. The number of ether oxygens (including phenoxy) is 1. The fourth-order valence-corrected chi connectivity index (χ4v) is 3.41. The molecule has 0 unspecified atom stereocenters. The average Bonchev–Trinajstić information content (AvgIpc) is 3.07.